The van der Waals surface area contributed by atoms with E-state index in [2.05, 4.69) is 20.9 Å². The summed E-state index contributed by atoms with van der Waals surface area (Å²) in [7, 11) is 0. The van der Waals surface area contributed by atoms with Gasteiger partial charge in [-0.05, 0) is 42.8 Å². The highest BCUT2D eigenvalue weighted by Gasteiger charge is 2.17. The van der Waals surface area contributed by atoms with Gasteiger partial charge >= 0.3 is 6.16 Å². The lowest BCUT2D eigenvalue weighted by Gasteiger charge is -2.18. The van der Waals surface area contributed by atoms with Crippen molar-refractivity contribution in [1.29, 1.82) is 0 Å². The van der Waals surface area contributed by atoms with E-state index in [1.807, 2.05) is 0 Å². The number of hydrogen-bond acceptors (Lipinski definition) is 5. The molecule has 0 aliphatic heterocycles. The maximum Gasteiger partial charge on any atom is 0.508 e. The first-order valence-electron chi connectivity index (χ1n) is 5.46. The second kappa shape index (κ2) is 6.58. The van der Waals surface area contributed by atoms with Crippen molar-refractivity contribution in [2.24, 2.45) is 0 Å². The maximum atomic E-state index is 11.2. The number of carbonyl (C=O) groups excluding carboxylic acids is 1. The number of rotatable bonds is 4. The predicted molar refractivity (Wildman–Crippen MR) is 69.6 cm³/mol. The van der Waals surface area contributed by atoms with E-state index < -0.39 is 11.8 Å². The molecule has 0 saturated heterocycles. The van der Waals surface area contributed by atoms with Gasteiger partial charge in [0.15, 0.2) is 0 Å². The minimum Gasteiger partial charge on any atom is -0.488 e. The van der Waals surface area contributed by atoms with E-state index in [0.29, 0.717) is 5.75 Å². The molecule has 1 heterocycles. The lowest BCUT2D eigenvalue weighted by Crippen LogP contribution is -2.25. The zero-order valence-electron chi connectivity index (χ0n) is 10.6. The SMILES string of the molecule is CC(C)(C)OC(=O)OCCOc1cncc(Br)c1. The van der Waals surface area contributed by atoms with Crippen LogP contribution in [-0.2, 0) is 9.47 Å². The third kappa shape index (κ3) is 6.44. The van der Waals surface area contributed by atoms with Crippen LogP contribution in [0.5, 0.6) is 5.75 Å². The molecule has 1 aromatic heterocycles. The normalized spacial score (nSPS) is 10.9. The Labute approximate surface area is 115 Å². The van der Waals surface area contributed by atoms with Crippen molar-refractivity contribution in [2.45, 2.75) is 26.4 Å². The van der Waals surface area contributed by atoms with Gasteiger partial charge in [-0.3, -0.25) is 4.98 Å². The number of aromatic nitrogens is 1. The van der Waals surface area contributed by atoms with Crippen LogP contribution in [0.2, 0.25) is 0 Å². The fraction of sp³-hybridized carbons (Fsp3) is 0.500. The van der Waals surface area contributed by atoms with Crippen LogP contribution in [0.4, 0.5) is 4.79 Å². The van der Waals surface area contributed by atoms with Crippen LogP contribution in [-0.4, -0.2) is 30.0 Å². The predicted octanol–water partition coefficient (Wildman–Crippen LogP) is 3.17. The Morgan fingerprint density at radius 2 is 2.06 bits per heavy atom. The fourth-order valence-electron chi connectivity index (χ4n) is 1.04. The third-order valence-electron chi connectivity index (χ3n) is 1.64. The van der Waals surface area contributed by atoms with Crippen LogP contribution in [0.25, 0.3) is 0 Å². The van der Waals surface area contributed by atoms with Crippen LogP contribution in [0, 0.1) is 0 Å². The van der Waals surface area contributed by atoms with E-state index in [0.717, 1.165) is 4.47 Å². The van der Waals surface area contributed by atoms with Gasteiger partial charge in [-0.25, -0.2) is 4.79 Å². The van der Waals surface area contributed by atoms with Gasteiger partial charge in [0.05, 0.1) is 6.20 Å². The molecule has 100 valence electrons. The second-order valence-electron chi connectivity index (χ2n) is 4.50. The summed E-state index contributed by atoms with van der Waals surface area (Å²) in [4.78, 5) is 15.1. The number of nitrogens with zero attached hydrogens (tertiary/aromatic N) is 1. The number of pyridine rings is 1. The molecular formula is C12H16BrNO4. The third-order valence-corrected chi connectivity index (χ3v) is 2.07. The molecule has 18 heavy (non-hydrogen) atoms. The molecule has 0 atom stereocenters. The number of ether oxygens (including phenoxy) is 3. The topological polar surface area (TPSA) is 57.7 Å². The summed E-state index contributed by atoms with van der Waals surface area (Å²) >= 11 is 3.28. The van der Waals surface area contributed by atoms with Crippen molar-refractivity contribution < 1.29 is 19.0 Å². The molecular weight excluding hydrogens is 302 g/mol. The van der Waals surface area contributed by atoms with E-state index in [9.17, 15) is 4.79 Å². The molecule has 0 saturated carbocycles. The Morgan fingerprint density at radius 1 is 1.33 bits per heavy atom. The van der Waals surface area contributed by atoms with E-state index in [4.69, 9.17) is 14.2 Å². The van der Waals surface area contributed by atoms with Crippen LogP contribution in [0.3, 0.4) is 0 Å². The van der Waals surface area contributed by atoms with E-state index >= 15 is 0 Å². The smallest absolute Gasteiger partial charge is 0.488 e. The highest BCUT2D eigenvalue weighted by atomic mass is 79.9. The van der Waals surface area contributed by atoms with Crippen molar-refractivity contribution in [3.63, 3.8) is 0 Å². The van der Waals surface area contributed by atoms with Gasteiger partial charge < -0.3 is 14.2 Å². The molecule has 0 unspecified atom stereocenters. The van der Waals surface area contributed by atoms with E-state index in [1.165, 1.54) is 0 Å². The molecule has 1 rings (SSSR count). The summed E-state index contributed by atoms with van der Waals surface area (Å²) in [6, 6.07) is 1.78. The molecule has 0 spiro atoms. The minimum atomic E-state index is -0.696. The van der Waals surface area contributed by atoms with Gasteiger partial charge in [0, 0.05) is 10.7 Å². The van der Waals surface area contributed by atoms with Crippen molar-refractivity contribution in [1.82, 2.24) is 4.98 Å². The summed E-state index contributed by atoms with van der Waals surface area (Å²) in [5.41, 5.74) is -0.549. The van der Waals surface area contributed by atoms with E-state index in [1.54, 1.807) is 39.2 Å². The molecule has 0 aliphatic carbocycles. The Morgan fingerprint density at radius 3 is 2.67 bits per heavy atom. The lowest BCUT2D eigenvalue weighted by atomic mass is 10.2. The average Bonchev–Trinajstić information content (AvgIpc) is 2.22. The van der Waals surface area contributed by atoms with Crippen LogP contribution >= 0.6 is 15.9 Å². The maximum absolute atomic E-state index is 11.2. The van der Waals surface area contributed by atoms with E-state index in [-0.39, 0.29) is 13.2 Å². The molecule has 0 amide bonds. The number of hydrogen-bond donors (Lipinski definition) is 0. The second-order valence-corrected chi connectivity index (χ2v) is 5.42. The van der Waals surface area contributed by atoms with Gasteiger partial charge in [0.1, 0.15) is 24.6 Å². The van der Waals surface area contributed by atoms with Crippen LogP contribution < -0.4 is 4.74 Å². The molecule has 5 nitrogen and oxygen atoms in total. The summed E-state index contributed by atoms with van der Waals surface area (Å²) < 4.78 is 16.0. The van der Waals surface area contributed by atoms with Gasteiger partial charge in [0.2, 0.25) is 0 Å². The molecule has 1 aromatic rings. The zero-order valence-corrected chi connectivity index (χ0v) is 12.2. The average molecular weight is 318 g/mol. The zero-order chi connectivity index (χ0) is 13.6. The standard InChI is InChI=1S/C12H16BrNO4/c1-12(2,3)18-11(15)17-5-4-16-10-6-9(13)7-14-8-10/h6-8H,4-5H2,1-3H3. The van der Waals surface area contributed by atoms with Gasteiger partial charge in [0.25, 0.3) is 0 Å². The molecule has 0 fully saturated rings. The largest absolute Gasteiger partial charge is 0.508 e. The first-order valence-corrected chi connectivity index (χ1v) is 6.25. The quantitative estimate of drug-likeness (QED) is 0.630. The molecule has 6 heteroatoms. The Bertz CT molecular complexity index is 403. The number of carbonyl (C=O) groups is 1. The lowest BCUT2D eigenvalue weighted by molar-refractivity contribution is -0.0113. The fourth-order valence-corrected chi connectivity index (χ4v) is 1.38. The van der Waals surface area contributed by atoms with Gasteiger partial charge in [-0.15, -0.1) is 0 Å². The highest BCUT2D eigenvalue weighted by Crippen LogP contribution is 2.15. The minimum absolute atomic E-state index is 0.126. The first-order chi connectivity index (χ1) is 8.37. The molecule has 0 bridgehead atoms. The van der Waals surface area contributed by atoms with Crippen molar-refractivity contribution in [2.75, 3.05) is 13.2 Å². The van der Waals surface area contributed by atoms with Gasteiger partial charge in [-0.1, -0.05) is 0 Å². The molecule has 0 radical (unpaired) electrons. The first kappa shape index (κ1) is 14.8. The number of halogens is 1. The summed E-state index contributed by atoms with van der Waals surface area (Å²) in [6.45, 7) is 5.70. The summed E-state index contributed by atoms with van der Waals surface area (Å²) in [5, 5.41) is 0. The van der Waals surface area contributed by atoms with Crippen molar-refractivity contribution in [3.05, 3.63) is 22.9 Å². The highest BCUT2D eigenvalue weighted by molar-refractivity contribution is 9.10. The van der Waals surface area contributed by atoms with Crippen LogP contribution in [0.15, 0.2) is 22.9 Å². The Balaban J connectivity index is 2.21. The van der Waals surface area contributed by atoms with Crippen LogP contribution in [0.1, 0.15) is 20.8 Å². The summed E-state index contributed by atoms with van der Waals surface area (Å²) in [5.74, 6) is 0.608. The molecule has 0 aliphatic rings. The molecule has 0 N–H and O–H groups in total. The summed E-state index contributed by atoms with van der Waals surface area (Å²) in [6.07, 6.45) is 2.54. The van der Waals surface area contributed by atoms with Crippen molar-refractivity contribution >= 4 is 22.1 Å². The Hall–Kier alpha value is -1.30. The Kier molecular flexibility index (Phi) is 5.40. The molecule has 0 aromatic carbocycles. The van der Waals surface area contributed by atoms with Gasteiger partial charge in [-0.2, -0.15) is 0 Å². The van der Waals surface area contributed by atoms with Crippen molar-refractivity contribution in [3.8, 4) is 5.75 Å². The monoisotopic (exact) mass is 317 g/mol.